The minimum atomic E-state index is -0.525. The van der Waals surface area contributed by atoms with Gasteiger partial charge in [0.2, 0.25) is 0 Å². The molecule has 0 spiro atoms. The summed E-state index contributed by atoms with van der Waals surface area (Å²) in [5, 5.41) is 3.49. The molecule has 3 rings (SSSR count). The summed E-state index contributed by atoms with van der Waals surface area (Å²) in [4.78, 5) is 17.3. The lowest BCUT2D eigenvalue weighted by Gasteiger charge is -2.39. The van der Waals surface area contributed by atoms with Gasteiger partial charge in [-0.25, -0.2) is 0 Å². The fourth-order valence-corrected chi connectivity index (χ4v) is 3.78. The fourth-order valence-electron chi connectivity index (χ4n) is 3.78. The van der Waals surface area contributed by atoms with E-state index in [9.17, 15) is 4.79 Å². The Balaban J connectivity index is 1.52. The number of hydrogen-bond donors (Lipinski definition) is 1. The molecular formula is C16H29N3O2. The standard InChI is InChI=1S/C16H29N3O2/c1-16(15(20)21-2,17-13-5-6-13)7-9-18-10-11-19-8-3-4-14(19)12-18/h13-14,17H,3-12H2,1-2H3. The molecule has 0 aromatic heterocycles. The fraction of sp³-hybridized carbons (Fsp3) is 0.938. The first-order chi connectivity index (χ1) is 10.1. The minimum Gasteiger partial charge on any atom is -0.468 e. The Kier molecular flexibility index (Phi) is 4.52. The van der Waals surface area contributed by atoms with Crippen molar-refractivity contribution in [2.75, 3.05) is 39.8 Å². The zero-order chi connectivity index (χ0) is 14.9. The highest BCUT2D eigenvalue weighted by Gasteiger charge is 2.40. The first-order valence-corrected chi connectivity index (χ1v) is 8.43. The van der Waals surface area contributed by atoms with Gasteiger partial charge in [-0.05, 0) is 45.6 Å². The Morgan fingerprint density at radius 1 is 1.29 bits per heavy atom. The lowest BCUT2D eigenvalue weighted by molar-refractivity contribution is -0.148. The number of fused-ring (bicyclic) bond motifs is 1. The molecule has 5 heteroatoms. The zero-order valence-corrected chi connectivity index (χ0v) is 13.4. The molecule has 1 N–H and O–H groups in total. The van der Waals surface area contributed by atoms with Gasteiger partial charge in [0.1, 0.15) is 5.54 Å². The molecule has 5 nitrogen and oxygen atoms in total. The Morgan fingerprint density at radius 2 is 2.10 bits per heavy atom. The summed E-state index contributed by atoms with van der Waals surface area (Å²) in [5.74, 6) is -0.117. The highest BCUT2D eigenvalue weighted by atomic mass is 16.5. The normalized spacial score (nSPS) is 29.9. The van der Waals surface area contributed by atoms with E-state index in [0.717, 1.165) is 25.6 Å². The average Bonchev–Trinajstić information content (AvgIpc) is 3.17. The van der Waals surface area contributed by atoms with Gasteiger partial charge >= 0.3 is 5.97 Å². The summed E-state index contributed by atoms with van der Waals surface area (Å²) >= 11 is 0. The molecule has 0 aromatic carbocycles. The summed E-state index contributed by atoms with van der Waals surface area (Å²) in [6.45, 7) is 7.76. The number of nitrogens with zero attached hydrogens (tertiary/aromatic N) is 2. The van der Waals surface area contributed by atoms with Crippen LogP contribution in [0.2, 0.25) is 0 Å². The first-order valence-electron chi connectivity index (χ1n) is 8.43. The van der Waals surface area contributed by atoms with Crippen molar-refractivity contribution in [2.45, 2.75) is 56.7 Å². The van der Waals surface area contributed by atoms with E-state index in [4.69, 9.17) is 4.74 Å². The van der Waals surface area contributed by atoms with E-state index >= 15 is 0 Å². The number of carbonyl (C=O) groups is 1. The highest BCUT2D eigenvalue weighted by molar-refractivity contribution is 5.80. The summed E-state index contributed by atoms with van der Waals surface area (Å²) in [6, 6.07) is 1.26. The van der Waals surface area contributed by atoms with Crippen LogP contribution in [0, 0.1) is 0 Å². The maximum atomic E-state index is 12.1. The molecule has 1 saturated carbocycles. The van der Waals surface area contributed by atoms with Gasteiger partial charge in [-0.3, -0.25) is 15.0 Å². The molecule has 2 aliphatic heterocycles. The van der Waals surface area contributed by atoms with Crippen LogP contribution in [0.1, 0.15) is 39.0 Å². The third-order valence-corrected chi connectivity index (χ3v) is 5.34. The largest absolute Gasteiger partial charge is 0.468 e. The monoisotopic (exact) mass is 295 g/mol. The van der Waals surface area contributed by atoms with Crippen LogP contribution in [0.25, 0.3) is 0 Å². The number of rotatable bonds is 6. The van der Waals surface area contributed by atoms with Gasteiger partial charge in [0.05, 0.1) is 7.11 Å². The third kappa shape index (κ3) is 3.58. The van der Waals surface area contributed by atoms with Gasteiger partial charge < -0.3 is 9.64 Å². The predicted octanol–water partition coefficient (Wildman–Crippen LogP) is 0.840. The Bertz CT molecular complexity index is 386. The quantitative estimate of drug-likeness (QED) is 0.736. The van der Waals surface area contributed by atoms with Crippen LogP contribution in [0.4, 0.5) is 0 Å². The number of ether oxygens (including phenoxy) is 1. The van der Waals surface area contributed by atoms with Crippen molar-refractivity contribution in [3.63, 3.8) is 0 Å². The van der Waals surface area contributed by atoms with Crippen LogP contribution in [0.5, 0.6) is 0 Å². The molecular weight excluding hydrogens is 266 g/mol. The average molecular weight is 295 g/mol. The molecule has 120 valence electrons. The minimum absolute atomic E-state index is 0.117. The number of methoxy groups -OCH3 is 1. The van der Waals surface area contributed by atoms with E-state index in [1.54, 1.807) is 0 Å². The van der Waals surface area contributed by atoms with Gasteiger partial charge in [-0.2, -0.15) is 0 Å². The molecule has 0 bridgehead atoms. The molecule has 2 atom stereocenters. The van der Waals surface area contributed by atoms with Crippen molar-refractivity contribution in [3.05, 3.63) is 0 Å². The molecule has 0 amide bonds. The smallest absolute Gasteiger partial charge is 0.325 e. The molecule has 21 heavy (non-hydrogen) atoms. The van der Waals surface area contributed by atoms with E-state index in [0.29, 0.717) is 6.04 Å². The lowest BCUT2D eigenvalue weighted by atomic mass is 9.96. The molecule has 2 heterocycles. The molecule has 3 aliphatic rings. The molecule has 3 fully saturated rings. The lowest BCUT2D eigenvalue weighted by Crippen LogP contribution is -2.55. The van der Waals surface area contributed by atoms with Crippen molar-refractivity contribution in [1.29, 1.82) is 0 Å². The number of esters is 1. The third-order valence-electron chi connectivity index (χ3n) is 5.34. The van der Waals surface area contributed by atoms with E-state index < -0.39 is 5.54 Å². The summed E-state index contributed by atoms with van der Waals surface area (Å²) in [5.41, 5.74) is -0.525. The summed E-state index contributed by atoms with van der Waals surface area (Å²) in [6.07, 6.45) is 5.90. The second-order valence-electron chi connectivity index (χ2n) is 7.12. The van der Waals surface area contributed by atoms with E-state index in [1.807, 2.05) is 6.92 Å². The zero-order valence-electron chi connectivity index (χ0n) is 13.4. The first kappa shape index (κ1) is 15.3. The number of carbonyl (C=O) groups excluding carboxylic acids is 1. The van der Waals surface area contributed by atoms with E-state index in [2.05, 4.69) is 15.1 Å². The van der Waals surface area contributed by atoms with Crippen molar-refractivity contribution in [3.8, 4) is 0 Å². The van der Waals surface area contributed by atoms with Crippen LogP contribution in [-0.4, -0.2) is 73.2 Å². The molecule has 0 aromatic rings. The molecule has 1 aliphatic carbocycles. The van der Waals surface area contributed by atoms with Gasteiger partial charge in [0, 0.05) is 38.3 Å². The van der Waals surface area contributed by atoms with Crippen LogP contribution in [-0.2, 0) is 9.53 Å². The second-order valence-corrected chi connectivity index (χ2v) is 7.12. The van der Waals surface area contributed by atoms with E-state index in [1.165, 1.54) is 52.4 Å². The van der Waals surface area contributed by atoms with Crippen molar-refractivity contribution in [1.82, 2.24) is 15.1 Å². The van der Waals surface area contributed by atoms with Gasteiger partial charge in [0.15, 0.2) is 0 Å². The SMILES string of the molecule is COC(=O)C(C)(CCN1CCN2CCCC2C1)NC1CC1. The van der Waals surface area contributed by atoms with Crippen LogP contribution < -0.4 is 5.32 Å². The molecule has 2 unspecified atom stereocenters. The van der Waals surface area contributed by atoms with Gasteiger partial charge in [0.25, 0.3) is 0 Å². The van der Waals surface area contributed by atoms with E-state index in [-0.39, 0.29) is 5.97 Å². The topological polar surface area (TPSA) is 44.8 Å². The Morgan fingerprint density at radius 3 is 2.81 bits per heavy atom. The number of piperazine rings is 1. The van der Waals surface area contributed by atoms with Crippen molar-refractivity contribution >= 4 is 5.97 Å². The van der Waals surface area contributed by atoms with Gasteiger partial charge in [-0.1, -0.05) is 0 Å². The Hall–Kier alpha value is -0.650. The van der Waals surface area contributed by atoms with Crippen molar-refractivity contribution < 1.29 is 9.53 Å². The maximum absolute atomic E-state index is 12.1. The number of hydrogen-bond acceptors (Lipinski definition) is 5. The van der Waals surface area contributed by atoms with Crippen molar-refractivity contribution in [2.24, 2.45) is 0 Å². The highest BCUT2D eigenvalue weighted by Crippen LogP contribution is 2.26. The molecule has 0 radical (unpaired) electrons. The summed E-state index contributed by atoms with van der Waals surface area (Å²) in [7, 11) is 1.49. The van der Waals surface area contributed by atoms with Crippen LogP contribution in [0.3, 0.4) is 0 Å². The number of nitrogens with one attached hydrogen (secondary N) is 1. The second kappa shape index (κ2) is 6.23. The Labute approximate surface area is 128 Å². The van der Waals surface area contributed by atoms with Crippen LogP contribution in [0.15, 0.2) is 0 Å². The van der Waals surface area contributed by atoms with Gasteiger partial charge in [-0.15, -0.1) is 0 Å². The van der Waals surface area contributed by atoms with Crippen LogP contribution >= 0.6 is 0 Å². The molecule has 2 saturated heterocycles. The maximum Gasteiger partial charge on any atom is 0.325 e. The predicted molar refractivity (Wildman–Crippen MR) is 82.2 cm³/mol. The summed E-state index contributed by atoms with van der Waals surface area (Å²) < 4.78 is 5.03.